The van der Waals surface area contributed by atoms with Gasteiger partial charge in [0.1, 0.15) is 4.47 Å². The Bertz CT molecular complexity index is 1000. The van der Waals surface area contributed by atoms with Crippen LogP contribution in [0.4, 0.5) is 11.5 Å². The van der Waals surface area contributed by atoms with Gasteiger partial charge in [-0.3, -0.25) is 4.79 Å². The zero-order valence-corrected chi connectivity index (χ0v) is 16.1. The number of benzene rings is 2. The number of hydrogen-bond donors (Lipinski definition) is 1. The van der Waals surface area contributed by atoms with E-state index in [0.717, 1.165) is 23.2 Å². The Labute approximate surface area is 164 Å². The van der Waals surface area contributed by atoms with Crippen molar-refractivity contribution in [3.05, 3.63) is 86.0 Å². The molecule has 27 heavy (non-hydrogen) atoms. The van der Waals surface area contributed by atoms with Gasteiger partial charge in [0.05, 0.1) is 17.8 Å². The van der Waals surface area contributed by atoms with Crippen LogP contribution in [0.3, 0.4) is 0 Å². The van der Waals surface area contributed by atoms with Crippen LogP contribution in [0.5, 0.6) is 0 Å². The number of para-hydroxylation sites is 1. The molecule has 0 saturated carbocycles. The average molecular weight is 429 g/mol. The molecule has 0 aliphatic carbocycles. The van der Waals surface area contributed by atoms with Crippen molar-refractivity contribution in [2.75, 3.05) is 5.32 Å². The second kappa shape index (κ2) is 8.13. The smallest absolute Gasteiger partial charge is 0.358 e. The summed E-state index contributed by atoms with van der Waals surface area (Å²) >= 11 is 3.13. The van der Waals surface area contributed by atoms with Crippen LogP contribution >= 0.6 is 15.9 Å². The number of carbonyl (C=O) groups excluding carboxylic acids is 1. The normalized spacial score (nSPS) is 10.6. The summed E-state index contributed by atoms with van der Waals surface area (Å²) in [7, 11) is 0. The van der Waals surface area contributed by atoms with Crippen LogP contribution in [0, 0.1) is 10.1 Å². The number of hydrogen-bond acceptors (Lipinski definition) is 4. The molecule has 1 heterocycles. The summed E-state index contributed by atoms with van der Waals surface area (Å²) in [6.07, 6.45) is 2.37. The number of nitrogens with zero attached hydrogens (tertiary/aromatic N) is 3. The molecule has 0 bridgehead atoms. The molecule has 1 aromatic heterocycles. The summed E-state index contributed by atoms with van der Waals surface area (Å²) < 4.78 is 1.78. The molecule has 0 spiro atoms. The minimum atomic E-state index is -0.546. The average Bonchev–Trinajstić information content (AvgIpc) is 3.02. The molecule has 138 valence electrons. The van der Waals surface area contributed by atoms with Crippen LogP contribution in [0.2, 0.25) is 0 Å². The van der Waals surface area contributed by atoms with Crippen molar-refractivity contribution in [3.63, 3.8) is 0 Å². The fraction of sp³-hybridized carbons (Fsp3) is 0.158. The number of anilines is 1. The lowest BCUT2D eigenvalue weighted by atomic mass is 10.1. The first-order chi connectivity index (χ1) is 13.0. The SMILES string of the molecule is CCc1ccccc1NC(=O)c1cccc(Cn2cc(Br)c([N+](=O)[O-])n2)c1. The third-order valence-electron chi connectivity index (χ3n) is 4.05. The zero-order valence-electron chi connectivity index (χ0n) is 14.6. The van der Waals surface area contributed by atoms with Crippen molar-refractivity contribution in [1.82, 2.24) is 9.78 Å². The first-order valence-corrected chi connectivity index (χ1v) is 9.12. The topological polar surface area (TPSA) is 90.1 Å². The van der Waals surface area contributed by atoms with E-state index in [1.807, 2.05) is 37.3 Å². The van der Waals surface area contributed by atoms with Crippen molar-refractivity contribution in [3.8, 4) is 0 Å². The van der Waals surface area contributed by atoms with Gasteiger partial charge >= 0.3 is 5.82 Å². The Morgan fingerprint density at radius 2 is 2.04 bits per heavy atom. The Balaban J connectivity index is 1.78. The predicted octanol–water partition coefficient (Wildman–Crippen LogP) is 4.42. The number of nitro groups is 1. The number of aromatic nitrogens is 2. The largest absolute Gasteiger partial charge is 0.404 e. The fourth-order valence-corrected chi connectivity index (χ4v) is 3.20. The number of amides is 1. The first kappa shape index (κ1) is 18.8. The highest BCUT2D eigenvalue weighted by atomic mass is 79.9. The summed E-state index contributed by atoms with van der Waals surface area (Å²) in [5.74, 6) is -0.439. The van der Waals surface area contributed by atoms with E-state index in [1.54, 1.807) is 24.4 Å². The van der Waals surface area contributed by atoms with Gasteiger partial charge in [-0.2, -0.15) is 4.68 Å². The van der Waals surface area contributed by atoms with Gasteiger partial charge in [-0.05, 0) is 56.6 Å². The number of halogens is 1. The van der Waals surface area contributed by atoms with Crippen molar-refractivity contribution >= 4 is 33.3 Å². The third-order valence-corrected chi connectivity index (χ3v) is 4.61. The van der Waals surface area contributed by atoms with E-state index in [0.29, 0.717) is 16.6 Å². The van der Waals surface area contributed by atoms with E-state index < -0.39 is 4.92 Å². The van der Waals surface area contributed by atoms with E-state index in [1.165, 1.54) is 4.68 Å². The molecule has 0 aliphatic rings. The number of rotatable bonds is 6. The maximum absolute atomic E-state index is 12.6. The lowest BCUT2D eigenvalue weighted by molar-refractivity contribution is -0.390. The standard InChI is InChI=1S/C19H17BrN4O3/c1-2-14-7-3-4-9-17(14)21-19(25)15-8-5-6-13(10-15)11-23-12-16(20)18(22-23)24(26)27/h3-10,12H,2,11H2,1H3,(H,21,25). The maximum atomic E-state index is 12.6. The van der Waals surface area contributed by atoms with Crippen molar-refractivity contribution < 1.29 is 9.72 Å². The Hall–Kier alpha value is -3.00. The van der Waals surface area contributed by atoms with Crippen molar-refractivity contribution in [2.24, 2.45) is 0 Å². The van der Waals surface area contributed by atoms with Gasteiger partial charge in [-0.1, -0.05) is 37.3 Å². The quantitative estimate of drug-likeness (QED) is 0.464. The number of carbonyl (C=O) groups is 1. The molecule has 0 saturated heterocycles. The Kier molecular flexibility index (Phi) is 5.66. The molecule has 3 rings (SSSR count). The highest BCUT2D eigenvalue weighted by Gasteiger charge is 2.18. The molecule has 0 aliphatic heterocycles. The first-order valence-electron chi connectivity index (χ1n) is 8.33. The molecular formula is C19H17BrN4O3. The van der Waals surface area contributed by atoms with Crippen molar-refractivity contribution in [1.29, 1.82) is 0 Å². The molecule has 0 atom stereocenters. The van der Waals surface area contributed by atoms with Gasteiger partial charge in [0, 0.05) is 11.3 Å². The Morgan fingerprint density at radius 3 is 2.74 bits per heavy atom. The molecule has 0 fully saturated rings. The summed E-state index contributed by atoms with van der Waals surface area (Å²) in [5.41, 5.74) is 3.19. The fourth-order valence-electron chi connectivity index (χ4n) is 2.73. The van der Waals surface area contributed by atoms with Gasteiger partial charge in [-0.25, -0.2) is 0 Å². The molecule has 7 nitrogen and oxygen atoms in total. The molecular weight excluding hydrogens is 412 g/mol. The second-order valence-corrected chi connectivity index (χ2v) is 6.77. The van der Waals surface area contributed by atoms with E-state index >= 15 is 0 Å². The third kappa shape index (κ3) is 4.40. The Morgan fingerprint density at radius 1 is 1.26 bits per heavy atom. The molecule has 3 aromatic rings. The van der Waals surface area contributed by atoms with Crippen LogP contribution in [0.25, 0.3) is 0 Å². The minimum absolute atomic E-state index is 0.203. The van der Waals surface area contributed by atoms with E-state index in [4.69, 9.17) is 0 Å². The summed E-state index contributed by atoms with van der Waals surface area (Å²) in [6.45, 7) is 2.35. The predicted molar refractivity (Wildman–Crippen MR) is 106 cm³/mol. The van der Waals surface area contributed by atoms with Gasteiger partial charge in [0.2, 0.25) is 0 Å². The lowest BCUT2D eigenvalue weighted by Gasteiger charge is -2.10. The maximum Gasteiger partial charge on any atom is 0.404 e. The molecule has 0 radical (unpaired) electrons. The van der Waals surface area contributed by atoms with Crippen LogP contribution in [0.1, 0.15) is 28.4 Å². The van der Waals surface area contributed by atoms with Crippen LogP contribution in [-0.4, -0.2) is 20.6 Å². The number of nitrogens with one attached hydrogen (secondary N) is 1. The minimum Gasteiger partial charge on any atom is -0.358 e. The molecule has 0 unspecified atom stereocenters. The molecule has 1 N–H and O–H groups in total. The van der Waals surface area contributed by atoms with Crippen molar-refractivity contribution in [2.45, 2.75) is 19.9 Å². The van der Waals surface area contributed by atoms with Crippen LogP contribution in [-0.2, 0) is 13.0 Å². The van der Waals surface area contributed by atoms with Crippen LogP contribution < -0.4 is 5.32 Å². The van der Waals surface area contributed by atoms with E-state index in [9.17, 15) is 14.9 Å². The highest BCUT2D eigenvalue weighted by Crippen LogP contribution is 2.23. The van der Waals surface area contributed by atoms with E-state index in [-0.39, 0.29) is 11.7 Å². The van der Waals surface area contributed by atoms with Gasteiger partial charge in [0.25, 0.3) is 5.91 Å². The highest BCUT2D eigenvalue weighted by molar-refractivity contribution is 9.10. The zero-order chi connectivity index (χ0) is 19.4. The molecule has 1 amide bonds. The van der Waals surface area contributed by atoms with Gasteiger partial charge < -0.3 is 15.4 Å². The molecule has 2 aromatic carbocycles. The van der Waals surface area contributed by atoms with Crippen LogP contribution in [0.15, 0.2) is 59.2 Å². The second-order valence-electron chi connectivity index (χ2n) is 5.92. The lowest BCUT2D eigenvalue weighted by Crippen LogP contribution is -2.13. The van der Waals surface area contributed by atoms with E-state index in [2.05, 4.69) is 26.3 Å². The number of aryl methyl sites for hydroxylation is 1. The monoisotopic (exact) mass is 428 g/mol. The van der Waals surface area contributed by atoms with Gasteiger partial charge in [-0.15, -0.1) is 0 Å². The summed E-state index contributed by atoms with van der Waals surface area (Å²) in [5, 5.41) is 17.8. The summed E-state index contributed by atoms with van der Waals surface area (Å²) in [4.78, 5) is 23.0. The molecule has 8 heteroatoms. The van der Waals surface area contributed by atoms with Gasteiger partial charge in [0.15, 0.2) is 0 Å². The summed E-state index contributed by atoms with van der Waals surface area (Å²) in [6, 6.07) is 14.8.